The molecule has 17 heteroatoms. The Balaban J connectivity index is 1.66. The third kappa shape index (κ3) is 6.69. The minimum absolute atomic E-state index is 0.0162. The van der Waals surface area contributed by atoms with E-state index in [-0.39, 0.29) is 52.1 Å². The van der Waals surface area contributed by atoms with Crippen LogP contribution in [0, 0.1) is 0 Å². The fourth-order valence-corrected chi connectivity index (χ4v) is 3.24. The second-order valence-corrected chi connectivity index (χ2v) is 8.83. The van der Waals surface area contributed by atoms with E-state index in [2.05, 4.69) is 59.0 Å². The predicted molar refractivity (Wildman–Crippen MR) is 138 cm³/mol. The lowest BCUT2D eigenvalue weighted by atomic mass is 10.3. The van der Waals surface area contributed by atoms with Gasteiger partial charge in [-0.2, -0.15) is 10.2 Å². The van der Waals surface area contributed by atoms with Crippen LogP contribution < -0.4 is 27.0 Å². The highest BCUT2D eigenvalue weighted by molar-refractivity contribution is 9.12. The molecule has 16 nitrogen and oxygen atoms in total. The van der Waals surface area contributed by atoms with Gasteiger partial charge in [-0.05, 0) is 15.9 Å². The van der Waals surface area contributed by atoms with Crippen LogP contribution in [0.1, 0.15) is 38.0 Å². The van der Waals surface area contributed by atoms with Gasteiger partial charge in [-0.15, -0.1) is 0 Å². The molecule has 0 bridgehead atoms. The van der Waals surface area contributed by atoms with Crippen molar-refractivity contribution < 1.29 is 24.0 Å². The van der Waals surface area contributed by atoms with Crippen LogP contribution in [0.2, 0.25) is 0 Å². The molecular formula is C21H24BrN11O5. The van der Waals surface area contributed by atoms with Crippen LogP contribution in [0.15, 0.2) is 29.4 Å². The highest BCUT2D eigenvalue weighted by Crippen LogP contribution is 2.15. The number of nitrogens with zero attached hydrogens (tertiary/aromatic N) is 6. The van der Waals surface area contributed by atoms with Crippen molar-refractivity contribution in [1.82, 2.24) is 34.4 Å². The molecule has 0 aliphatic rings. The van der Waals surface area contributed by atoms with Crippen molar-refractivity contribution in [3.63, 3.8) is 0 Å². The molecule has 0 spiro atoms. The lowest BCUT2D eigenvalue weighted by Gasteiger charge is -2.02. The summed E-state index contributed by atoms with van der Waals surface area (Å²) in [7, 11) is 4.58. The summed E-state index contributed by atoms with van der Waals surface area (Å²) in [4.78, 5) is 64.4. The van der Waals surface area contributed by atoms with Crippen LogP contribution in [0.5, 0.6) is 0 Å². The van der Waals surface area contributed by atoms with E-state index in [1.54, 1.807) is 7.05 Å². The topological polar surface area (TPSA) is 213 Å². The van der Waals surface area contributed by atoms with E-state index in [4.69, 9.17) is 5.73 Å². The van der Waals surface area contributed by atoms with E-state index in [1.807, 2.05) is 0 Å². The molecule has 3 aromatic heterocycles. The Bertz CT molecular complexity index is 1450. The number of hydrogen-bond donors (Lipinski definition) is 5. The summed E-state index contributed by atoms with van der Waals surface area (Å²) in [6.07, 6.45) is 1.43. The van der Waals surface area contributed by atoms with Crippen molar-refractivity contribution in [3.05, 3.63) is 46.6 Å². The number of primary amides is 1. The van der Waals surface area contributed by atoms with Gasteiger partial charge >= 0.3 is 0 Å². The Morgan fingerprint density at radius 3 is 2.00 bits per heavy atom. The first kappa shape index (κ1) is 27.8. The SMILES string of the molecule is C=C(Br)C(=O)Nc1cn(C)c(C(=O)Nc2cc(C(=O)Nc3cc(C(=O)NCCC(N)=O)n(C)n3)n(C)n2)n1. The second-order valence-electron chi connectivity index (χ2n) is 7.88. The molecule has 0 atom stereocenters. The van der Waals surface area contributed by atoms with E-state index < -0.39 is 29.5 Å². The molecule has 0 saturated heterocycles. The zero-order valence-corrected chi connectivity index (χ0v) is 22.1. The average Bonchev–Trinajstić information content (AvgIpc) is 3.49. The van der Waals surface area contributed by atoms with E-state index in [1.165, 1.54) is 46.4 Å². The molecular weight excluding hydrogens is 566 g/mol. The number of hydrogen-bond acceptors (Lipinski definition) is 8. The zero-order valence-electron chi connectivity index (χ0n) is 20.5. The molecule has 0 saturated carbocycles. The number of aromatic nitrogens is 6. The monoisotopic (exact) mass is 589 g/mol. The zero-order chi connectivity index (χ0) is 28.1. The van der Waals surface area contributed by atoms with Gasteiger partial charge < -0.3 is 31.6 Å². The summed E-state index contributed by atoms with van der Waals surface area (Å²) < 4.78 is 4.01. The van der Waals surface area contributed by atoms with Gasteiger partial charge in [-0.1, -0.05) is 6.58 Å². The quantitative estimate of drug-likeness (QED) is 0.200. The highest BCUT2D eigenvalue weighted by Gasteiger charge is 2.21. The number of halogens is 1. The summed E-state index contributed by atoms with van der Waals surface area (Å²) in [5.41, 5.74) is 5.29. The number of rotatable bonds is 10. The molecule has 0 radical (unpaired) electrons. The van der Waals surface area contributed by atoms with Gasteiger partial charge in [0.25, 0.3) is 23.6 Å². The van der Waals surface area contributed by atoms with Crippen LogP contribution in [0.4, 0.5) is 17.5 Å². The molecule has 0 aromatic carbocycles. The third-order valence-electron chi connectivity index (χ3n) is 4.93. The molecule has 200 valence electrons. The van der Waals surface area contributed by atoms with Crippen molar-refractivity contribution in [3.8, 4) is 0 Å². The molecule has 3 rings (SSSR count). The number of amides is 5. The maximum Gasteiger partial charge on any atom is 0.292 e. The van der Waals surface area contributed by atoms with E-state index >= 15 is 0 Å². The molecule has 0 aliphatic heterocycles. The molecule has 3 heterocycles. The Hall–Kier alpha value is -4.80. The normalized spacial score (nSPS) is 10.5. The van der Waals surface area contributed by atoms with Crippen molar-refractivity contribution in [2.24, 2.45) is 26.9 Å². The first-order valence-corrected chi connectivity index (χ1v) is 11.6. The first-order chi connectivity index (χ1) is 17.8. The molecule has 5 amide bonds. The van der Waals surface area contributed by atoms with E-state index in [0.717, 1.165) is 0 Å². The Labute approximate surface area is 223 Å². The number of anilines is 3. The predicted octanol–water partition coefficient (Wildman–Crippen LogP) is -0.156. The standard InChI is InChI=1S/C21H24BrN11O5/c1-10(22)18(35)28-16-9-31(2)17(25-16)21(38)27-15-8-12(33(4)30-15)20(37)26-14-7-11(32(3)29-14)19(36)24-6-5-13(23)34/h7-9H,1,5-6H2,2-4H3,(H2,23,34)(H,24,36)(H,28,35)(H,26,29,37)(H,27,30,38). The van der Waals surface area contributed by atoms with Gasteiger partial charge in [-0.3, -0.25) is 33.3 Å². The van der Waals surface area contributed by atoms with Crippen molar-refractivity contribution in [2.75, 3.05) is 22.5 Å². The first-order valence-electron chi connectivity index (χ1n) is 10.8. The van der Waals surface area contributed by atoms with Crippen LogP contribution in [-0.2, 0) is 30.7 Å². The molecule has 0 unspecified atom stereocenters. The smallest absolute Gasteiger partial charge is 0.292 e. The fraction of sp³-hybridized carbons (Fsp3) is 0.238. The number of imidazole rings is 1. The summed E-state index contributed by atoms with van der Waals surface area (Å²) in [6.45, 7) is 3.52. The third-order valence-corrected chi connectivity index (χ3v) is 5.29. The van der Waals surface area contributed by atoms with Gasteiger partial charge in [0.1, 0.15) is 11.4 Å². The number of carbonyl (C=O) groups is 5. The van der Waals surface area contributed by atoms with Gasteiger partial charge in [0.2, 0.25) is 11.7 Å². The minimum atomic E-state index is -0.632. The van der Waals surface area contributed by atoms with Gasteiger partial charge in [0.05, 0.1) is 4.48 Å². The van der Waals surface area contributed by atoms with Crippen LogP contribution >= 0.6 is 15.9 Å². The Kier molecular flexibility index (Phi) is 8.41. The molecule has 0 aliphatic carbocycles. The average molecular weight is 590 g/mol. The molecule has 38 heavy (non-hydrogen) atoms. The summed E-state index contributed by atoms with van der Waals surface area (Å²) in [5.74, 6) is -2.51. The minimum Gasteiger partial charge on any atom is -0.370 e. The van der Waals surface area contributed by atoms with Crippen molar-refractivity contribution >= 4 is 62.9 Å². The van der Waals surface area contributed by atoms with Crippen LogP contribution in [0.3, 0.4) is 0 Å². The number of aryl methyl sites for hydroxylation is 3. The van der Waals surface area contributed by atoms with E-state index in [9.17, 15) is 24.0 Å². The Morgan fingerprint density at radius 1 is 0.895 bits per heavy atom. The Morgan fingerprint density at radius 2 is 1.45 bits per heavy atom. The molecule has 0 fully saturated rings. The van der Waals surface area contributed by atoms with Gasteiger partial charge in [0, 0.05) is 52.4 Å². The molecule has 3 aromatic rings. The van der Waals surface area contributed by atoms with Crippen molar-refractivity contribution in [1.29, 1.82) is 0 Å². The molecule has 6 N–H and O–H groups in total. The number of nitrogens with one attached hydrogen (secondary N) is 4. The number of nitrogens with two attached hydrogens (primary N) is 1. The second kappa shape index (κ2) is 11.5. The van der Waals surface area contributed by atoms with Crippen LogP contribution in [0.25, 0.3) is 0 Å². The van der Waals surface area contributed by atoms with E-state index in [0.29, 0.717) is 0 Å². The van der Waals surface area contributed by atoms with Gasteiger partial charge in [0.15, 0.2) is 17.5 Å². The van der Waals surface area contributed by atoms with Crippen LogP contribution in [-0.4, -0.2) is 65.2 Å². The highest BCUT2D eigenvalue weighted by atomic mass is 79.9. The maximum atomic E-state index is 12.8. The largest absolute Gasteiger partial charge is 0.370 e. The maximum absolute atomic E-state index is 12.8. The lowest BCUT2D eigenvalue weighted by Crippen LogP contribution is -2.29. The summed E-state index contributed by atoms with van der Waals surface area (Å²) in [6, 6.07) is 2.70. The summed E-state index contributed by atoms with van der Waals surface area (Å²) in [5, 5.41) is 18.3. The van der Waals surface area contributed by atoms with Crippen molar-refractivity contribution in [2.45, 2.75) is 6.42 Å². The summed E-state index contributed by atoms with van der Waals surface area (Å²) >= 11 is 2.96. The lowest BCUT2D eigenvalue weighted by molar-refractivity contribution is -0.118. The number of carbonyl (C=O) groups excluding carboxylic acids is 5. The fourth-order valence-electron chi connectivity index (χ4n) is 3.15. The van der Waals surface area contributed by atoms with Gasteiger partial charge in [-0.25, -0.2) is 4.98 Å².